The summed E-state index contributed by atoms with van der Waals surface area (Å²) in [5.41, 5.74) is 5.93. The number of nitrogens with one attached hydrogen (secondary N) is 1. The first-order valence-corrected chi connectivity index (χ1v) is 10.8. The number of fused-ring (bicyclic) bond motifs is 1. The van der Waals surface area contributed by atoms with Crippen molar-refractivity contribution in [2.24, 2.45) is 0 Å². The highest BCUT2D eigenvalue weighted by Gasteiger charge is 2.31. The number of anilines is 2. The number of carbonyl (C=O) groups excluding carboxylic acids is 1. The minimum Gasteiger partial charge on any atom is -0.324 e. The van der Waals surface area contributed by atoms with E-state index in [1.165, 1.54) is 5.56 Å². The maximum atomic E-state index is 13.1. The first-order chi connectivity index (χ1) is 16.1. The second-order valence-corrected chi connectivity index (χ2v) is 8.15. The van der Waals surface area contributed by atoms with Gasteiger partial charge in [0.25, 0.3) is 5.95 Å². The lowest BCUT2D eigenvalue weighted by molar-refractivity contribution is -0.114. The van der Waals surface area contributed by atoms with Gasteiger partial charge in [0.15, 0.2) is 0 Å². The normalized spacial score (nSPS) is 15.0. The van der Waals surface area contributed by atoms with Crippen LogP contribution in [-0.2, 0) is 4.79 Å². The van der Waals surface area contributed by atoms with Crippen LogP contribution in [0, 0.1) is 13.8 Å². The number of tetrazole rings is 1. The Morgan fingerprint density at radius 1 is 0.939 bits per heavy atom. The third-order valence-corrected chi connectivity index (χ3v) is 5.80. The van der Waals surface area contributed by atoms with Gasteiger partial charge in [-0.1, -0.05) is 83.5 Å². The molecule has 0 spiro atoms. The number of allylic oxidation sites excluding steroid dienone is 1. The summed E-state index contributed by atoms with van der Waals surface area (Å²) >= 11 is 0. The number of aromatic nitrogens is 4. The number of para-hydroxylation sites is 1. The van der Waals surface area contributed by atoms with E-state index in [4.69, 9.17) is 0 Å². The van der Waals surface area contributed by atoms with E-state index in [1.807, 2.05) is 54.3 Å². The van der Waals surface area contributed by atoms with Crippen molar-refractivity contribution in [1.29, 1.82) is 0 Å². The number of rotatable bonds is 5. The molecule has 5 rings (SSSR count). The average Bonchev–Trinajstić information content (AvgIpc) is 3.32. The molecule has 1 amide bonds. The van der Waals surface area contributed by atoms with Crippen LogP contribution < -0.4 is 10.2 Å². The number of nitrogens with zero attached hydrogens (tertiary/aromatic N) is 5. The molecule has 33 heavy (non-hydrogen) atoms. The monoisotopic (exact) mass is 436 g/mol. The maximum absolute atomic E-state index is 13.1. The molecular weight excluding hydrogens is 412 g/mol. The predicted octanol–water partition coefficient (Wildman–Crippen LogP) is 4.38. The number of benzene rings is 3. The number of carbonyl (C=O) groups is 1. The van der Waals surface area contributed by atoms with Crippen LogP contribution in [0.1, 0.15) is 28.3 Å². The molecule has 0 saturated heterocycles. The summed E-state index contributed by atoms with van der Waals surface area (Å²) in [6.45, 7) is 4.11. The minimum absolute atomic E-state index is 0.0793. The fraction of sp³-hybridized carbons (Fsp3) is 0.154. The number of aryl methyl sites for hydroxylation is 2. The van der Waals surface area contributed by atoms with Crippen molar-refractivity contribution in [2.45, 2.75) is 19.9 Å². The summed E-state index contributed by atoms with van der Waals surface area (Å²) < 4.78 is 1.76. The maximum Gasteiger partial charge on any atom is 0.251 e. The largest absolute Gasteiger partial charge is 0.324 e. The third-order valence-electron chi connectivity index (χ3n) is 5.80. The van der Waals surface area contributed by atoms with Crippen molar-refractivity contribution in [1.82, 2.24) is 20.2 Å². The Bertz CT molecular complexity index is 1310. The molecule has 0 unspecified atom stereocenters. The van der Waals surface area contributed by atoms with Crippen LogP contribution in [0.15, 0.2) is 84.9 Å². The van der Waals surface area contributed by atoms with Gasteiger partial charge in [-0.3, -0.25) is 9.69 Å². The van der Waals surface area contributed by atoms with E-state index in [2.05, 4.69) is 70.2 Å². The van der Waals surface area contributed by atoms with Gasteiger partial charge in [0, 0.05) is 5.69 Å². The standard InChI is InChI=1S/C26H24N6O/c1-18-12-14-21(15-13-18)23-16-24(20-9-4-3-5-10-20)32-26(28-29-30-32)31(23)17-25(33)27-22-11-7-6-8-19(22)2/h3-16,24H,17H2,1-2H3,(H,27,33)/t24-/m0/s1. The van der Waals surface area contributed by atoms with Crippen molar-refractivity contribution in [3.8, 4) is 0 Å². The predicted molar refractivity (Wildman–Crippen MR) is 129 cm³/mol. The fourth-order valence-electron chi connectivity index (χ4n) is 4.03. The van der Waals surface area contributed by atoms with Crippen molar-refractivity contribution < 1.29 is 4.79 Å². The van der Waals surface area contributed by atoms with E-state index >= 15 is 0 Å². The lowest BCUT2D eigenvalue weighted by Crippen LogP contribution is -2.37. The van der Waals surface area contributed by atoms with Crippen molar-refractivity contribution in [3.05, 3.63) is 107 Å². The van der Waals surface area contributed by atoms with E-state index in [1.54, 1.807) is 4.68 Å². The van der Waals surface area contributed by atoms with Crippen LogP contribution in [0.2, 0.25) is 0 Å². The Morgan fingerprint density at radius 2 is 1.67 bits per heavy atom. The SMILES string of the molecule is Cc1ccc(C2=C[C@@H](c3ccccc3)n3nnnc3N2CC(=O)Nc2ccccc2C)cc1. The van der Waals surface area contributed by atoms with Crippen LogP contribution in [0.5, 0.6) is 0 Å². The topological polar surface area (TPSA) is 75.9 Å². The fourth-order valence-corrected chi connectivity index (χ4v) is 4.03. The van der Waals surface area contributed by atoms with E-state index < -0.39 is 0 Å². The van der Waals surface area contributed by atoms with Crippen LogP contribution in [0.4, 0.5) is 11.6 Å². The second-order valence-electron chi connectivity index (χ2n) is 8.15. The van der Waals surface area contributed by atoms with Gasteiger partial charge in [-0.05, 0) is 53.1 Å². The molecule has 0 fully saturated rings. The molecule has 0 radical (unpaired) electrons. The van der Waals surface area contributed by atoms with Gasteiger partial charge in [0.2, 0.25) is 5.91 Å². The number of amides is 1. The molecule has 1 N–H and O–H groups in total. The lowest BCUT2D eigenvalue weighted by Gasteiger charge is -2.32. The third kappa shape index (κ3) is 4.13. The van der Waals surface area contributed by atoms with Crippen molar-refractivity contribution >= 4 is 23.2 Å². The summed E-state index contributed by atoms with van der Waals surface area (Å²) in [5, 5.41) is 15.5. The molecule has 0 saturated carbocycles. The molecule has 7 nitrogen and oxygen atoms in total. The Kier molecular flexibility index (Phi) is 5.44. The molecule has 164 valence electrons. The molecule has 1 atom stereocenters. The first-order valence-electron chi connectivity index (χ1n) is 10.8. The molecule has 1 aliphatic rings. The Labute approximate surface area is 192 Å². The second kappa shape index (κ2) is 8.70. The smallest absolute Gasteiger partial charge is 0.251 e. The van der Waals surface area contributed by atoms with Crippen LogP contribution in [-0.4, -0.2) is 32.7 Å². The molecule has 1 aliphatic heterocycles. The van der Waals surface area contributed by atoms with Gasteiger partial charge < -0.3 is 5.32 Å². The zero-order chi connectivity index (χ0) is 22.8. The van der Waals surface area contributed by atoms with Crippen LogP contribution in [0.25, 0.3) is 5.70 Å². The summed E-state index contributed by atoms with van der Waals surface area (Å²) in [4.78, 5) is 15.0. The summed E-state index contributed by atoms with van der Waals surface area (Å²) in [5.74, 6) is 0.386. The first kappa shape index (κ1) is 20.6. The average molecular weight is 437 g/mol. The Hall–Kier alpha value is -4.26. The minimum atomic E-state index is -0.178. The van der Waals surface area contributed by atoms with Gasteiger partial charge in [-0.25, -0.2) is 0 Å². The van der Waals surface area contributed by atoms with E-state index in [-0.39, 0.29) is 18.5 Å². The summed E-state index contributed by atoms with van der Waals surface area (Å²) in [7, 11) is 0. The zero-order valence-electron chi connectivity index (χ0n) is 18.5. The summed E-state index contributed by atoms with van der Waals surface area (Å²) in [6.07, 6.45) is 2.12. The van der Waals surface area contributed by atoms with Crippen LogP contribution in [0.3, 0.4) is 0 Å². The quantitative estimate of drug-likeness (QED) is 0.503. The molecule has 0 aliphatic carbocycles. The van der Waals surface area contributed by atoms with Gasteiger partial charge in [-0.2, -0.15) is 4.68 Å². The van der Waals surface area contributed by atoms with E-state index in [0.717, 1.165) is 28.1 Å². The van der Waals surface area contributed by atoms with Gasteiger partial charge in [-0.15, -0.1) is 0 Å². The van der Waals surface area contributed by atoms with E-state index in [0.29, 0.717) is 5.95 Å². The van der Waals surface area contributed by atoms with Gasteiger partial charge >= 0.3 is 0 Å². The van der Waals surface area contributed by atoms with E-state index in [9.17, 15) is 4.79 Å². The zero-order valence-corrected chi connectivity index (χ0v) is 18.5. The summed E-state index contributed by atoms with van der Waals surface area (Å²) in [6, 6.07) is 25.9. The molecule has 1 aromatic heterocycles. The van der Waals surface area contributed by atoms with Crippen molar-refractivity contribution in [2.75, 3.05) is 16.8 Å². The highest BCUT2D eigenvalue weighted by molar-refractivity contribution is 5.97. The van der Waals surface area contributed by atoms with Crippen LogP contribution >= 0.6 is 0 Å². The molecule has 0 bridgehead atoms. The Balaban J connectivity index is 1.54. The number of hydrogen-bond acceptors (Lipinski definition) is 5. The Morgan fingerprint density at radius 3 is 2.42 bits per heavy atom. The van der Waals surface area contributed by atoms with Gasteiger partial charge in [0.1, 0.15) is 12.6 Å². The molecule has 7 heteroatoms. The highest BCUT2D eigenvalue weighted by Crippen LogP contribution is 2.36. The molecular formula is C26H24N6O. The van der Waals surface area contributed by atoms with Crippen molar-refractivity contribution in [3.63, 3.8) is 0 Å². The molecule has 4 aromatic rings. The lowest BCUT2D eigenvalue weighted by atomic mass is 10.00. The molecule has 2 heterocycles. The molecule has 3 aromatic carbocycles. The van der Waals surface area contributed by atoms with Gasteiger partial charge in [0.05, 0.1) is 5.70 Å². The number of hydrogen-bond donors (Lipinski definition) is 1. The highest BCUT2D eigenvalue weighted by atomic mass is 16.2.